The van der Waals surface area contributed by atoms with Crippen molar-refractivity contribution in [3.63, 3.8) is 0 Å². The Balaban J connectivity index is 3.65. The molecule has 0 radical (unpaired) electrons. The number of rotatable bonds is 5. The van der Waals surface area contributed by atoms with Crippen molar-refractivity contribution in [2.75, 3.05) is 13.1 Å². The molecule has 0 aromatic rings. The quantitative estimate of drug-likeness (QED) is 0.666. The topological polar surface area (TPSA) is 12.0 Å². The fourth-order valence-electron chi connectivity index (χ4n) is 1.16. The van der Waals surface area contributed by atoms with Gasteiger partial charge < -0.3 is 5.32 Å². The Morgan fingerprint density at radius 1 is 1.00 bits per heavy atom. The van der Waals surface area contributed by atoms with Gasteiger partial charge in [0.1, 0.15) is 0 Å². The summed E-state index contributed by atoms with van der Waals surface area (Å²) in [6.45, 7) is 18.4. The van der Waals surface area contributed by atoms with Gasteiger partial charge in [-0.25, -0.2) is 0 Å². The van der Waals surface area contributed by atoms with Crippen molar-refractivity contribution in [1.82, 2.24) is 5.32 Å². The van der Waals surface area contributed by atoms with Crippen molar-refractivity contribution >= 4 is 0 Å². The smallest absolute Gasteiger partial charge is 0.0000122 e. The first-order chi connectivity index (χ1) is 6.15. The Hall–Kier alpha value is -0.0400. The molecular weight excluding hydrogens is 170 g/mol. The second-order valence-corrected chi connectivity index (χ2v) is 6.63. The highest BCUT2D eigenvalue weighted by molar-refractivity contribution is 4.74. The molecule has 0 heterocycles. The van der Waals surface area contributed by atoms with Crippen LogP contribution in [0.25, 0.3) is 0 Å². The van der Waals surface area contributed by atoms with E-state index in [1.54, 1.807) is 0 Å². The molecule has 0 amide bonds. The Morgan fingerprint density at radius 3 is 1.86 bits per heavy atom. The van der Waals surface area contributed by atoms with Crippen LogP contribution in [0.3, 0.4) is 0 Å². The molecule has 0 aliphatic carbocycles. The molecule has 0 rings (SSSR count). The minimum atomic E-state index is 0.405. The first kappa shape index (κ1) is 14.0. The highest BCUT2D eigenvalue weighted by Crippen LogP contribution is 2.29. The van der Waals surface area contributed by atoms with Gasteiger partial charge in [0, 0.05) is 0 Å². The van der Waals surface area contributed by atoms with Gasteiger partial charge in [-0.15, -0.1) is 0 Å². The van der Waals surface area contributed by atoms with Crippen LogP contribution in [0.2, 0.25) is 0 Å². The first-order valence-corrected chi connectivity index (χ1v) is 5.86. The highest BCUT2D eigenvalue weighted by atomic mass is 14.9. The van der Waals surface area contributed by atoms with Gasteiger partial charge in [0.2, 0.25) is 0 Å². The summed E-state index contributed by atoms with van der Waals surface area (Å²) in [7, 11) is 0. The third-order valence-corrected chi connectivity index (χ3v) is 3.16. The predicted molar refractivity (Wildman–Crippen MR) is 65.6 cm³/mol. The van der Waals surface area contributed by atoms with E-state index in [9.17, 15) is 0 Å². The largest absolute Gasteiger partial charge is 0.316 e. The molecule has 0 spiro atoms. The van der Waals surface area contributed by atoms with E-state index in [1.807, 2.05) is 0 Å². The molecule has 0 aliphatic rings. The zero-order chi connectivity index (χ0) is 11.4. The summed E-state index contributed by atoms with van der Waals surface area (Å²) >= 11 is 0. The Morgan fingerprint density at radius 2 is 1.50 bits per heavy atom. The standard InChI is InChI=1S/C13H29N/c1-11(2)13(6,7)8-9-14-10-12(3,4)5/h11,14H,8-10H2,1-7H3. The zero-order valence-corrected chi connectivity index (χ0v) is 11.2. The molecule has 14 heavy (non-hydrogen) atoms. The van der Waals surface area contributed by atoms with E-state index in [2.05, 4.69) is 53.8 Å². The fourth-order valence-corrected chi connectivity index (χ4v) is 1.16. The summed E-state index contributed by atoms with van der Waals surface area (Å²) in [5.74, 6) is 0.763. The summed E-state index contributed by atoms with van der Waals surface area (Å²) in [5.41, 5.74) is 0.868. The summed E-state index contributed by atoms with van der Waals surface area (Å²) < 4.78 is 0. The van der Waals surface area contributed by atoms with Crippen LogP contribution in [0, 0.1) is 16.7 Å². The second kappa shape index (κ2) is 5.16. The van der Waals surface area contributed by atoms with Crippen molar-refractivity contribution in [3.05, 3.63) is 0 Å². The Kier molecular flexibility index (Phi) is 5.14. The van der Waals surface area contributed by atoms with Crippen molar-refractivity contribution in [3.8, 4) is 0 Å². The van der Waals surface area contributed by atoms with Crippen LogP contribution in [0.4, 0.5) is 0 Å². The van der Waals surface area contributed by atoms with Crippen LogP contribution in [0.1, 0.15) is 54.9 Å². The van der Waals surface area contributed by atoms with Gasteiger partial charge in [-0.2, -0.15) is 0 Å². The van der Waals surface area contributed by atoms with Gasteiger partial charge in [-0.3, -0.25) is 0 Å². The van der Waals surface area contributed by atoms with Crippen LogP contribution in [0.15, 0.2) is 0 Å². The fraction of sp³-hybridized carbons (Fsp3) is 1.00. The predicted octanol–water partition coefficient (Wildman–Crippen LogP) is 3.69. The maximum atomic E-state index is 3.54. The summed E-state index contributed by atoms with van der Waals surface area (Å²) in [6.07, 6.45) is 1.26. The molecule has 0 aromatic heterocycles. The van der Waals surface area contributed by atoms with E-state index >= 15 is 0 Å². The van der Waals surface area contributed by atoms with Crippen LogP contribution in [0.5, 0.6) is 0 Å². The molecule has 86 valence electrons. The molecule has 0 aromatic carbocycles. The van der Waals surface area contributed by atoms with Gasteiger partial charge in [-0.05, 0) is 36.3 Å². The minimum absolute atomic E-state index is 0.405. The van der Waals surface area contributed by atoms with Crippen LogP contribution in [-0.4, -0.2) is 13.1 Å². The first-order valence-electron chi connectivity index (χ1n) is 5.86. The number of hydrogen-bond acceptors (Lipinski definition) is 1. The van der Waals surface area contributed by atoms with Crippen molar-refractivity contribution in [2.45, 2.75) is 54.9 Å². The van der Waals surface area contributed by atoms with E-state index in [0.717, 1.165) is 19.0 Å². The lowest BCUT2D eigenvalue weighted by Gasteiger charge is -2.30. The van der Waals surface area contributed by atoms with Gasteiger partial charge in [0.15, 0.2) is 0 Å². The molecule has 0 unspecified atom stereocenters. The highest BCUT2D eigenvalue weighted by Gasteiger charge is 2.21. The Labute approximate surface area is 90.7 Å². The molecule has 0 fully saturated rings. The summed E-state index contributed by atoms with van der Waals surface area (Å²) in [4.78, 5) is 0. The molecule has 0 saturated heterocycles. The van der Waals surface area contributed by atoms with Crippen LogP contribution in [-0.2, 0) is 0 Å². The molecular formula is C13H29N. The molecule has 1 heteroatoms. The third kappa shape index (κ3) is 6.42. The number of nitrogens with one attached hydrogen (secondary N) is 1. The molecule has 0 aliphatic heterocycles. The molecule has 1 N–H and O–H groups in total. The molecule has 0 bridgehead atoms. The average molecular weight is 199 g/mol. The maximum absolute atomic E-state index is 3.54. The van der Waals surface area contributed by atoms with Crippen molar-refractivity contribution in [2.24, 2.45) is 16.7 Å². The average Bonchev–Trinajstić information content (AvgIpc) is 1.96. The van der Waals surface area contributed by atoms with E-state index in [-0.39, 0.29) is 0 Å². The van der Waals surface area contributed by atoms with Gasteiger partial charge >= 0.3 is 0 Å². The van der Waals surface area contributed by atoms with Crippen LogP contribution < -0.4 is 5.32 Å². The Bertz CT molecular complexity index is 151. The van der Waals surface area contributed by atoms with Crippen molar-refractivity contribution < 1.29 is 0 Å². The maximum Gasteiger partial charge on any atom is -0.0000122 e. The second-order valence-electron chi connectivity index (χ2n) is 6.63. The lowest BCUT2D eigenvalue weighted by molar-refractivity contribution is 0.222. The van der Waals surface area contributed by atoms with Gasteiger partial charge in [-0.1, -0.05) is 48.5 Å². The molecule has 0 saturated carbocycles. The lowest BCUT2D eigenvalue weighted by Crippen LogP contribution is -2.31. The number of hydrogen-bond donors (Lipinski definition) is 1. The summed E-state index contributed by atoms with van der Waals surface area (Å²) in [6, 6.07) is 0. The normalized spacial score (nSPS) is 13.7. The van der Waals surface area contributed by atoms with Gasteiger partial charge in [0.25, 0.3) is 0 Å². The lowest BCUT2D eigenvalue weighted by atomic mass is 9.78. The van der Waals surface area contributed by atoms with E-state index < -0.39 is 0 Å². The molecule has 0 atom stereocenters. The van der Waals surface area contributed by atoms with Gasteiger partial charge in [0.05, 0.1) is 0 Å². The SMILES string of the molecule is CC(C)C(C)(C)CCNCC(C)(C)C. The van der Waals surface area contributed by atoms with E-state index in [1.165, 1.54) is 6.42 Å². The minimum Gasteiger partial charge on any atom is -0.316 e. The van der Waals surface area contributed by atoms with Crippen LogP contribution >= 0.6 is 0 Å². The zero-order valence-electron chi connectivity index (χ0n) is 11.2. The van der Waals surface area contributed by atoms with E-state index in [4.69, 9.17) is 0 Å². The monoisotopic (exact) mass is 199 g/mol. The molecule has 1 nitrogen and oxygen atoms in total. The van der Waals surface area contributed by atoms with E-state index in [0.29, 0.717) is 10.8 Å². The summed E-state index contributed by atoms with van der Waals surface area (Å²) in [5, 5.41) is 3.54. The third-order valence-electron chi connectivity index (χ3n) is 3.16. The van der Waals surface area contributed by atoms with Crippen molar-refractivity contribution in [1.29, 1.82) is 0 Å².